The van der Waals surface area contributed by atoms with Crippen molar-refractivity contribution in [1.29, 1.82) is 0 Å². The second-order valence-corrected chi connectivity index (χ2v) is 7.10. The van der Waals surface area contributed by atoms with E-state index >= 15 is 0 Å². The minimum Gasteiger partial charge on any atom is -0.475 e. The van der Waals surface area contributed by atoms with Gasteiger partial charge >= 0.3 is 0 Å². The van der Waals surface area contributed by atoms with E-state index in [0.717, 1.165) is 12.1 Å². The number of hydrogen-bond donors (Lipinski definition) is 0. The van der Waals surface area contributed by atoms with E-state index in [2.05, 4.69) is 46.1 Å². The van der Waals surface area contributed by atoms with Crippen LogP contribution in [0.4, 0.5) is 8.78 Å². The molecule has 2 heterocycles. The maximum absolute atomic E-state index is 14.0. The van der Waals surface area contributed by atoms with Crippen molar-refractivity contribution in [3.63, 3.8) is 0 Å². The van der Waals surface area contributed by atoms with Gasteiger partial charge in [-0.3, -0.25) is 0 Å². The zero-order valence-corrected chi connectivity index (χ0v) is 15.6. The second-order valence-electron chi connectivity index (χ2n) is 7.10. The largest absolute Gasteiger partial charge is 0.475 e. The zero-order valence-electron chi connectivity index (χ0n) is 15.6. The third-order valence-electron chi connectivity index (χ3n) is 5.23. The van der Waals surface area contributed by atoms with E-state index in [9.17, 15) is 8.78 Å². The van der Waals surface area contributed by atoms with Crippen molar-refractivity contribution in [2.24, 2.45) is 4.99 Å². The number of aliphatic imine (C=N–C) groups is 1. The first-order chi connectivity index (χ1) is 14.2. The fraction of sp³-hybridized carbons (Fsp3) is 0.125. The number of ether oxygens (including phenoxy) is 1. The average molecular weight is 388 g/mol. The molecule has 3 aromatic carbocycles. The van der Waals surface area contributed by atoms with Gasteiger partial charge in [-0.05, 0) is 40.8 Å². The van der Waals surface area contributed by atoms with Crippen LogP contribution in [0.3, 0.4) is 0 Å². The van der Waals surface area contributed by atoms with E-state index in [1.165, 1.54) is 34.7 Å². The number of nitrogens with zero attached hydrogens (tertiary/aromatic N) is 2. The van der Waals surface area contributed by atoms with Gasteiger partial charge in [-0.15, -0.1) is 0 Å². The van der Waals surface area contributed by atoms with Crippen LogP contribution in [-0.2, 0) is 11.3 Å². The molecular weight excluding hydrogens is 370 g/mol. The lowest BCUT2D eigenvalue weighted by Gasteiger charge is -2.09. The van der Waals surface area contributed by atoms with Crippen LogP contribution in [0.15, 0.2) is 84.0 Å². The topological polar surface area (TPSA) is 26.5 Å². The quantitative estimate of drug-likeness (QED) is 0.454. The number of aromatic nitrogens is 1. The highest BCUT2D eigenvalue weighted by molar-refractivity contribution is 5.95. The molecule has 0 fully saturated rings. The SMILES string of the molecule is Fc1cccc(F)c1C1=NC(c2ccc(Cn3ccc4ccccc43)cc2)CO1. The van der Waals surface area contributed by atoms with Gasteiger partial charge in [0, 0.05) is 18.3 Å². The Morgan fingerprint density at radius 1 is 0.897 bits per heavy atom. The first-order valence-corrected chi connectivity index (χ1v) is 9.47. The van der Waals surface area contributed by atoms with Gasteiger partial charge in [0.1, 0.15) is 29.8 Å². The molecule has 0 aliphatic carbocycles. The van der Waals surface area contributed by atoms with E-state index in [-0.39, 0.29) is 24.1 Å². The zero-order chi connectivity index (χ0) is 19.8. The lowest BCUT2D eigenvalue weighted by atomic mass is 10.1. The van der Waals surface area contributed by atoms with Crippen molar-refractivity contribution in [1.82, 2.24) is 4.57 Å². The number of hydrogen-bond acceptors (Lipinski definition) is 2. The van der Waals surface area contributed by atoms with Crippen molar-refractivity contribution in [3.8, 4) is 0 Å². The number of benzene rings is 3. The van der Waals surface area contributed by atoms with Crippen LogP contribution < -0.4 is 0 Å². The van der Waals surface area contributed by atoms with E-state index in [4.69, 9.17) is 4.74 Å². The van der Waals surface area contributed by atoms with Crippen molar-refractivity contribution in [2.75, 3.05) is 6.61 Å². The summed E-state index contributed by atoms with van der Waals surface area (Å²) in [5.74, 6) is -1.31. The van der Waals surface area contributed by atoms with Gasteiger partial charge in [0.25, 0.3) is 0 Å². The molecular formula is C24H18F2N2O. The van der Waals surface area contributed by atoms with E-state index < -0.39 is 11.6 Å². The number of rotatable bonds is 4. The summed E-state index contributed by atoms with van der Waals surface area (Å²) >= 11 is 0. The molecule has 1 aromatic heterocycles. The average Bonchev–Trinajstić information content (AvgIpc) is 3.37. The molecule has 0 saturated carbocycles. The molecule has 144 valence electrons. The normalized spacial score (nSPS) is 16.1. The van der Waals surface area contributed by atoms with Crippen molar-refractivity contribution < 1.29 is 13.5 Å². The Balaban J connectivity index is 1.36. The first-order valence-electron chi connectivity index (χ1n) is 9.47. The molecule has 1 aliphatic heterocycles. The molecule has 1 aliphatic rings. The molecule has 0 radical (unpaired) electrons. The maximum atomic E-state index is 14.0. The Labute approximate surface area is 166 Å². The summed E-state index contributed by atoms with van der Waals surface area (Å²) in [4.78, 5) is 4.41. The van der Waals surface area contributed by atoms with Gasteiger partial charge in [-0.25, -0.2) is 13.8 Å². The highest BCUT2D eigenvalue weighted by Crippen LogP contribution is 2.27. The fourth-order valence-corrected chi connectivity index (χ4v) is 3.70. The minimum atomic E-state index is -0.668. The number of halogens is 2. The molecule has 4 aromatic rings. The maximum Gasteiger partial charge on any atom is 0.222 e. The smallest absolute Gasteiger partial charge is 0.222 e. The van der Waals surface area contributed by atoms with Crippen LogP contribution in [-0.4, -0.2) is 17.1 Å². The lowest BCUT2D eigenvalue weighted by Crippen LogP contribution is -2.07. The molecule has 3 nitrogen and oxygen atoms in total. The summed E-state index contributed by atoms with van der Waals surface area (Å²) in [5, 5.41) is 1.22. The van der Waals surface area contributed by atoms with Gasteiger partial charge in [0.05, 0.1) is 0 Å². The molecule has 0 saturated heterocycles. The third-order valence-corrected chi connectivity index (χ3v) is 5.23. The molecule has 0 spiro atoms. The Kier molecular flexibility index (Phi) is 4.35. The van der Waals surface area contributed by atoms with Gasteiger partial charge in [0.15, 0.2) is 0 Å². The molecule has 29 heavy (non-hydrogen) atoms. The fourth-order valence-electron chi connectivity index (χ4n) is 3.70. The van der Waals surface area contributed by atoms with Gasteiger partial charge in [-0.1, -0.05) is 48.5 Å². The second kappa shape index (κ2) is 7.17. The summed E-state index contributed by atoms with van der Waals surface area (Å²) < 4.78 is 35.7. The molecule has 0 bridgehead atoms. The van der Waals surface area contributed by atoms with Crippen LogP contribution >= 0.6 is 0 Å². The van der Waals surface area contributed by atoms with Crippen LogP contribution in [0.5, 0.6) is 0 Å². The molecule has 5 heteroatoms. The van der Waals surface area contributed by atoms with Crippen molar-refractivity contribution in [2.45, 2.75) is 12.6 Å². The van der Waals surface area contributed by atoms with Gasteiger partial charge in [0.2, 0.25) is 5.90 Å². The molecule has 0 N–H and O–H groups in total. The Morgan fingerprint density at radius 2 is 1.66 bits per heavy atom. The monoisotopic (exact) mass is 388 g/mol. The Morgan fingerprint density at radius 3 is 2.45 bits per heavy atom. The summed E-state index contributed by atoms with van der Waals surface area (Å²) in [5.41, 5.74) is 3.12. The van der Waals surface area contributed by atoms with Crippen LogP contribution in [0.25, 0.3) is 10.9 Å². The predicted molar refractivity (Wildman–Crippen MR) is 109 cm³/mol. The molecule has 0 amide bonds. The lowest BCUT2D eigenvalue weighted by molar-refractivity contribution is 0.317. The highest BCUT2D eigenvalue weighted by atomic mass is 19.1. The summed E-state index contributed by atoms with van der Waals surface area (Å²) in [6, 6.07) is 22.0. The standard InChI is InChI=1S/C24H18F2N2O/c25-19-5-3-6-20(26)23(19)24-27-21(15-29-24)17-10-8-16(9-11-17)14-28-13-12-18-4-1-2-7-22(18)28/h1-13,21H,14-15H2. The van der Waals surface area contributed by atoms with Crippen LogP contribution in [0.2, 0.25) is 0 Å². The van der Waals surface area contributed by atoms with E-state index in [1.807, 2.05) is 24.3 Å². The van der Waals surface area contributed by atoms with Crippen LogP contribution in [0, 0.1) is 11.6 Å². The van der Waals surface area contributed by atoms with E-state index in [0.29, 0.717) is 0 Å². The van der Waals surface area contributed by atoms with E-state index in [1.54, 1.807) is 0 Å². The summed E-state index contributed by atoms with van der Waals surface area (Å²) in [6.07, 6.45) is 2.09. The molecule has 1 atom stereocenters. The molecule has 5 rings (SSSR count). The summed E-state index contributed by atoms with van der Waals surface area (Å²) in [6.45, 7) is 1.04. The predicted octanol–water partition coefficient (Wildman–Crippen LogP) is 5.49. The first kappa shape index (κ1) is 17.6. The third kappa shape index (κ3) is 3.29. The molecule has 1 unspecified atom stereocenters. The van der Waals surface area contributed by atoms with Gasteiger partial charge < -0.3 is 9.30 Å². The summed E-state index contributed by atoms with van der Waals surface area (Å²) in [7, 11) is 0. The minimum absolute atomic E-state index is 0.0217. The van der Waals surface area contributed by atoms with Crippen molar-refractivity contribution >= 4 is 16.8 Å². The Bertz CT molecular complexity index is 1190. The van der Waals surface area contributed by atoms with Gasteiger partial charge in [-0.2, -0.15) is 0 Å². The highest BCUT2D eigenvalue weighted by Gasteiger charge is 2.26. The van der Waals surface area contributed by atoms with Crippen molar-refractivity contribution in [3.05, 3.63) is 107 Å². The Hall–Kier alpha value is -3.47. The number of para-hydroxylation sites is 1. The number of fused-ring (bicyclic) bond motifs is 1. The van der Waals surface area contributed by atoms with Crippen LogP contribution in [0.1, 0.15) is 22.7 Å².